The van der Waals surface area contributed by atoms with Crippen molar-refractivity contribution in [2.75, 3.05) is 17.7 Å². The Labute approximate surface area is 185 Å². The van der Waals surface area contributed by atoms with Crippen molar-refractivity contribution in [1.82, 2.24) is 19.5 Å². The summed E-state index contributed by atoms with van der Waals surface area (Å²) in [5.41, 5.74) is 1.28. The molecule has 9 heteroatoms. The molecule has 4 aromatic rings. The largest absolute Gasteiger partial charge is 0.497 e. The molecule has 0 fully saturated rings. The summed E-state index contributed by atoms with van der Waals surface area (Å²) in [5.74, 6) is 3.79. The summed E-state index contributed by atoms with van der Waals surface area (Å²) in [6, 6.07) is 15.5. The predicted octanol–water partition coefficient (Wildman–Crippen LogP) is 4.72. The number of rotatable bonds is 6. The van der Waals surface area contributed by atoms with E-state index in [2.05, 4.69) is 25.6 Å². The normalized spacial score (nSPS) is 10.5. The maximum Gasteiger partial charge on any atom is 0.323 e. The molecule has 0 aliphatic heterocycles. The van der Waals surface area contributed by atoms with Crippen molar-refractivity contribution in [3.63, 3.8) is 0 Å². The molecule has 0 aliphatic rings. The van der Waals surface area contributed by atoms with E-state index in [9.17, 15) is 4.79 Å². The molecule has 0 aliphatic carbocycles. The second kappa shape index (κ2) is 9.17. The zero-order chi connectivity index (χ0) is 22.5. The van der Waals surface area contributed by atoms with Crippen molar-refractivity contribution in [1.29, 1.82) is 0 Å². The number of nitrogens with zero attached hydrogens (tertiary/aromatic N) is 4. The topological polar surface area (TPSA) is 103 Å². The van der Waals surface area contributed by atoms with Crippen molar-refractivity contribution in [2.45, 2.75) is 13.8 Å². The summed E-state index contributed by atoms with van der Waals surface area (Å²) < 4.78 is 12.9. The number of benzene rings is 2. The Morgan fingerprint density at radius 3 is 2.09 bits per heavy atom. The number of anilines is 2. The molecule has 0 spiro atoms. The molecule has 2 aromatic carbocycles. The Bertz CT molecular complexity index is 1220. The average Bonchev–Trinajstić information content (AvgIpc) is 3.21. The van der Waals surface area contributed by atoms with Gasteiger partial charge in [-0.2, -0.15) is 4.98 Å². The molecule has 9 nitrogen and oxygen atoms in total. The Morgan fingerprint density at radius 2 is 1.53 bits per heavy atom. The highest BCUT2D eigenvalue weighted by atomic mass is 16.5. The van der Waals surface area contributed by atoms with Crippen LogP contribution in [0.15, 0.2) is 67.0 Å². The van der Waals surface area contributed by atoms with Gasteiger partial charge in [-0.05, 0) is 62.4 Å². The van der Waals surface area contributed by atoms with Crippen LogP contribution in [-0.4, -0.2) is 32.7 Å². The molecular weight excluding hydrogens is 408 g/mol. The van der Waals surface area contributed by atoms with E-state index in [0.717, 1.165) is 11.6 Å². The number of methoxy groups -OCH3 is 1. The molecule has 32 heavy (non-hydrogen) atoms. The van der Waals surface area contributed by atoms with E-state index >= 15 is 0 Å². The number of ether oxygens (including phenoxy) is 2. The molecular formula is C23H22N6O3. The van der Waals surface area contributed by atoms with Crippen LogP contribution in [0.25, 0.3) is 5.82 Å². The molecule has 0 bridgehead atoms. The lowest BCUT2D eigenvalue weighted by atomic mass is 10.3. The highest BCUT2D eigenvalue weighted by molar-refractivity contribution is 5.99. The second-order valence-electron chi connectivity index (χ2n) is 6.89. The van der Waals surface area contributed by atoms with Gasteiger partial charge in [0.05, 0.1) is 7.11 Å². The quantitative estimate of drug-likeness (QED) is 0.459. The van der Waals surface area contributed by atoms with Gasteiger partial charge in [-0.15, -0.1) is 0 Å². The molecule has 2 N–H and O–H groups in total. The Hall–Kier alpha value is -4.40. The van der Waals surface area contributed by atoms with Crippen LogP contribution in [0.2, 0.25) is 0 Å². The Kier molecular flexibility index (Phi) is 5.98. The number of carbonyl (C=O) groups is 1. The van der Waals surface area contributed by atoms with Crippen LogP contribution in [0.1, 0.15) is 11.6 Å². The lowest BCUT2D eigenvalue weighted by Crippen LogP contribution is -2.19. The fraction of sp³-hybridized carbons (Fsp3) is 0.130. The number of aryl methyl sites for hydroxylation is 2. The van der Waals surface area contributed by atoms with Crippen molar-refractivity contribution >= 4 is 17.4 Å². The first kappa shape index (κ1) is 20.9. The third-order valence-electron chi connectivity index (χ3n) is 4.56. The van der Waals surface area contributed by atoms with Crippen LogP contribution in [0.3, 0.4) is 0 Å². The third-order valence-corrected chi connectivity index (χ3v) is 4.56. The number of hydrogen-bond donors (Lipinski definition) is 2. The summed E-state index contributed by atoms with van der Waals surface area (Å²) in [4.78, 5) is 25.2. The van der Waals surface area contributed by atoms with Crippen molar-refractivity contribution in [3.8, 4) is 23.2 Å². The summed E-state index contributed by atoms with van der Waals surface area (Å²) in [6.45, 7) is 3.70. The maximum absolute atomic E-state index is 12.2. The van der Waals surface area contributed by atoms with E-state index in [1.807, 2.05) is 17.7 Å². The van der Waals surface area contributed by atoms with Gasteiger partial charge in [0.25, 0.3) is 0 Å². The van der Waals surface area contributed by atoms with Gasteiger partial charge in [0.2, 0.25) is 5.88 Å². The second-order valence-corrected chi connectivity index (χ2v) is 6.89. The fourth-order valence-corrected chi connectivity index (χ4v) is 3.02. The molecule has 4 rings (SSSR count). The molecule has 0 atom stereocenters. The summed E-state index contributed by atoms with van der Waals surface area (Å²) in [5, 5.41) is 5.55. The van der Waals surface area contributed by atoms with E-state index in [1.165, 1.54) is 0 Å². The van der Waals surface area contributed by atoms with Crippen LogP contribution < -0.4 is 20.1 Å². The zero-order valence-corrected chi connectivity index (χ0v) is 17.9. The van der Waals surface area contributed by atoms with E-state index in [1.54, 1.807) is 74.8 Å². The fourth-order valence-electron chi connectivity index (χ4n) is 3.02. The Balaban J connectivity index is 1.40. The van der Waals surface area contributed by atoms with Crippen molar-refractivity contribution < 1.29 is 14.3 Å². The number of carbonyl (C=O) groups excluding carboxylic acids is 1. The van der Waals surface area contributed by atoms with Gasteiger partial charge in [0.1, 0.15) is 29.0 Å². The minimum Gasteiger partial charge on any atom is -0.497 e. The van der Waals surface area contributed by atoms with Crippen molar-refractivity contribution in [2.24, 2.45) is 0 Å². The first-order valence-electron chi connectivity index (χ1n) is 9.86. The minimum absolute atomic E-state index is 0.351. The van der Waals surface area contributed by atoms with E-state index < -0.39 is 0 Å². The number of imidazole rings is 1. The van der Waals surface area contributed by atoms with Gasteiger partial charge in [-0.1, -0.05) is 0 Å². The molecule has 0 unspecified atom stereocenters. The Morgan fingerprint density at radius 1 is 0.906 bits per heavy atom. The average molecular weight is 430 g/mol. The molecule has 0 saturated heterocycles. The van der Waals surface area contributed by atoms with Crippen molar-refractivity contribution in [3.05, 3.63) is 78.6 Å². The number of aromatic nitrogens is 4. The highest BCUT2D eigenvalue weighted by Gasteiger charge is 2.09. The van der Waals surface area contributed by atoms with E-state index in [0.29, 0.717) is 34.6 Å². The maximum atomic E-state index is 12.2. The summed E-state index contributed by atoms with van der Waals surface area (Å²) in [7, 11) is 1.59. The van der Waals surface area contributed by atoms with Crippen LogP contribution >= 0.6 is 0 Å². The molecule has 162 valence electrons. The van der Waals surface area contributed by atoms with Gasteiger partial charge in [0.15, 0.2) is 0 Å². The molecule has 2 aromatic heterocycles. The molecule has 0 saturated carbocycles. The van der Waals surface area contributed by atoms with Gasteiger partial charge in [0, 0.05) is 29.8 Å². The van der Waals surface area contributed by atoms with E-state index in [4.69, 9.17) is 9.47 Å². The number of hydrogen-bond acceptors (Lipinski definition) is 6. The SMILES string of the molecule is COc1ccc(NC(=O)Nc2ccc(Oc3cc(-n4ccnc4C)nc(C)n3)cc2)cc1. The lowest BCUT2D eigenvalue weighted by Gasteiger charge is -2.11. The summed E-state index contributed by atoms with van der Waals surface area (Å²) >= 11 is 0. The highest BCUT2D eigenvalue weighted by Crippen LogP contribution is 2.24. The zero-order valence-electron chi connectivity index (χ0n) is 17.9. The van der Waals surface area contributed by atoms with Gasteiger partial charge in [-0.3, -0.25) is 4.57 Å². The summed E-state index contributed by atoms with van der Waals surface area (Å²) in [6.07, 6.45) is 3.54. The number of urea groups is 1. The molecule has 0 radical (unpaired) electrons. The van der Waals surface area contributed by atoms with Crippen LogP contribution in [0.5, 0.6) is 17.4 Å². The molecule has 2 amide bonds. The van der Waals surface area contributed by atoms with Gasteiger partial charge < -0.3 is 20.1 Å². The number of nitrogens with one attached hydrogen (secondary N) is 2. The molecule has 2 heterocycles. The first-order valence-corrected chi connectivity index (χ1v) is 9.86. The van der Waals surface area contributed by atoms with Gasteiger partial charge >= 0.3 is 6.03 Å². The smallest absolute Gasteiger partial charge is 0.323 e. The minimum atomic E-state index is -0.351. The van der Waals surface area contributed by atoms with Crippen LogP contribution in [-0.2, 0) is 0 Å². The van der Waals surface area contributed by atoms with E-state index in [-0.39, 0.29) is 6.03 Å². The standard InChI is InChI=1S/C23H22N6O3/c1-15-25-21(29-13-12-24-16(29)2)14-22(26-15)32-20-10-6-18(7-11-20)28-23(30)27-17-4-8-19(31-3)9-5-17/h4-14H,1-3H3,(H2,27,28,30). The first-order chi connectivity index (χ1) is 15.5. The van der Waals surface area contributed by atoms with Crippen LogP contribution in [0.4, 0.5) is 16.2 Å². The van der Waals surface area contributed by atoms with Gasteiger partial charge in [-0.25, -0.2) is 14.8 Å². The lowest BCUT2D eigenvalue weighted by molar-refractivity contribution is 0.262. The number of amides is 2. The predicted molar refractivity (Wildman–Crippen MR) is 121 cm³/mol. The van der Waals surface area contributed by atoms with Crippen LogP contribution in [0, 0.1) is 13.8 Å². The monoisotopic (exact) mass is 430 g/mol. The third kappa shape index (κ3) is 5.01.